The minimum atomic E-state index is -0.0925. The van der Waals surface area contributed by atoms with Gasteiger partial charge in [0.15, 0.2) is 22.5 Å². The van der Waals surface area contributed by atoms with Crippen LogP contribution in [0.5, 0.6) is 11.5 Å². The predicted molar refractivity (Wildman–Crippen MR) is 125 cm³/mol. The number of ether oxygens (including phenoxy) is 2. The first-order chi connectivity index (χ1) is 15.0. The number of anilines is 1. The van der Waals surface area contributed by atoms with Gasteiger partial charge in [0, 0.05) is 17.6 Å². The van der Waals surface area contributed by atoms with E-state index in [0.717, 1.165) is 16.1 Å². The van der Waals surface area contributed by atoms with Crippen LogP contribution in [0.25, 0.3) is 0 Å². The standard InChI is InChI=1S/C22H26N4O3S2/c1-5-28-19-11-15(2)9-10-18(19)29-13-20-24-25-22(26(20)3)31-14-21(27)23-16-7-6-8-17(12-16)30-4/h6-12H,5,13-14H2,1-4H3,(H,23,27). The average Bonchev–Trinajstić information content (AvgIpc) is 3.11. The molecule has 0 aliphatic heterocycles. The van der Waals surface area contributed by atoms with Gasteiger partial charge in [-0.25, -0.2) is 0 Å². The first-order valence-electron chi connectivity index (χ1n) is 9.81. The molecule has 0 bridgehead atoms. The van der Waals surface area contributed by atoms with E-state index in [0.29, 0.717) is 29.1 Å². The number of carbonyl (C=O) groups excluding carboxylic acids is 1. The van der Waals surface area contributed by atoms with Crippen LogP contribution in [0.3, 0.4) is 0 Å². The van der Waals surface area contributed by atoms with Crippen LogP contribution in [0, 0.1) is 6.92 Å². The molecule has 31 heavy (non-hydrogen) atoms. The summed E-state index contributed by atoms with van der Waals surface area (Å²) in [4.78, 5) is 13.4. The molecule has 0 saturated heterocycles. The number of hydrogen-bond acceptors (Lipinski definition) is 7. The molecule has 164 valence electrons. The third-order valence-corrected chi connectivity index (χ3v) is 6.11. The summed E-state index contributed by atoms with van der Waals surface area (Å²) in [6.45, 7) is 4.76. The summed E-state index contributed by atoms with van der Waals surface area (Å²) < 4.78 is 13.4. The van der Waals surface area contributed by atoms with Crippen molar-refractivity contribution in [3.05, 3.63) is 53.9 Å². The van der Waals surface area contributed by atoms with Crippen LogP contribution < -0.4 is 14.8 Å². The van der Waals surface area contributed by atoms with Crippen LogP contribution >= 0.6 is 23.5 Å². The Morgan fingerprint density at radius 3 is 2.74 bits per heavy atom. The number of amides is 1. The molecule has 0 aliphatic carbocycles. The summed E-state index contributed by atoms with van der Waals surface area (Å²) in [6.07, 6.45) is 2.00. The molecule has 0 unspecified atom stereocenters. The molecule has 3 rings (SSSR count). The van der Waals surface area contributed by atoms with E-state index in [1.807, 2.05) is 74.2 Å². The molecule has 1 aromatic heterocycles. The molecule has 1 N–H and O–H groups in total. The lowest BCUT2D eigenvalue weighted by Gasteiger charge is -2.12. The Hall–Kier alpha value is -2.65. The van der Waals surface area contributed by atoms with E-state index in [1.165, 1.54) is 11.8 Å². The number of hydrogen-bond donors (Lipinski definition) is 1. The van der Waals surface area contributed by atoms with Crippen LogP contribution in [0.4, 0.5) is 5.69 Å². The number of aromatic nitrogens is 3. The smallest absolute Gasteiger partial charge is 0.234 e. The number of benzene rings is 2. The summed E-state index contributed by atoms with van der Waals surface area (Å²) >= 11 is 2.97. The predicted octanol–water partition coefficient (Wildman–Crippen LogP) is 4.55. The third kappa shape index (κ3) is 6.41. The number of rotatable bonds is 10. The second-order valence-electron chi connectivity index (χ2n) is 6.70. The van der Waals surface area contributed by atoms with E-state index in [9.17, 15) is 4.79 Å². The third-order valence-electron chi connectivity index (χ3n) is 4.37. The Kier molecular flexibility index (Phi) is 8.25. The van der Waals surface area contributed by atoms with Crippen molar-refractivity contribution in [1.29, 1.82) is 0 Å². The first-order valence-corrected chi connectivity index (χ1v) is 12.0. The second kappa shape index (κ2) is 11.1. The van der Waals surface area contributed by atoms with Gasteiger partial charge in [-0.1, -0.05) is 23.9 Å². The zero-order valence-electron chi connectivity index (χ0n) is 18.0. The van der Waals surface area contributed by atoms with Crippen LogP contribution in [-0.2, 0) is 18.4 Å². The quantitative estimate of drug-likeness (QED) is 0.446. The first kappa shape index (κ1) is 23.0. The maximum absolute atomic E-state index is 12.3. The number of carbonyl (C=O) groups is 1. The van der Waals surface area contributed by atoms with Crippen molar-refractivity contribution in [2.45, 2.75) is 30.5 Å². The number of aryl methyl sites for hydroxylation is 1. The van der Waals surface area contributed by atoms with Crippen LogP contribution in [-0.4, -0.2) is 39.3 Å². The van der Waals surface area contributed by atoms with Crippen LogP contribution in [0.1, 0.15) is 18.3 Å². The minimum Gasteiger partial charge on any atom is -0.490 e. The van der Waals surface area contributed by atoms with Crippen molar-refractivity contribution in [1.82, 2.24) is 14.8 Å². The average molecular weight is 459 g/mol. The van der Waals surface area contributed by atoms with Gasteiger partial charge in [-0.3, -0.25) is 4.79 Å². The van der Waals surface area contributed by atoms with Crippen LogP contribution in [0.15, 0.2) is 52.5 Å². The minimum absolute atomic E-state index is 0.0925. The molecular formula is C22H26N4O3S2. The fourth-order valence-electron chi connectivity index (χ4n) is 2.77. The number of nitrogens with zero attached hydrogens (tertiary/aromatic N) is 3. The van der Waals surface area contributed by atoms with Gasteiger partial charge in [0.2, 0.25) is 5.91 Å². The highest BCUT2D eigenvalue weighted by Gasteiger charge is 2.13. The molecule has 1 heterocycles. The van der Waals surface area contributed by atoms with E-state index in [-0.39, 0.29) is 18.3 Å². The Labute approximate surface area is 190 Å². The molecule has 9 heteroatoms. The highest BCUT2D eigenvalue weighted by atomic mass is 32.2. The lowest BCUT2D eigenvalue weighted by Crippen LogP contribution is -2.14. The van der Waals surface area contributed by atoms with Crippen molar-refractivity contribution in [2.24, 2.45) is 7.05 Å². The molecule has 1 amide bonds. The summed E-state index contributed by atoms with van der Waals surface area (Å²) in [5.74, 6) is 2.18. The maximum Gasteiger partial charge on any atom is 0.234 e. The Bertz CT molecular complexity index is 1040. The molecule has 2 aromatic carbocycles. The van der Waals surface area contributed by atoms with Gasteiger partial charge in [0.1, 0.15) is 6.61 Å². The molecule has 0 aliphatic rings. The molecular weight excluding hydrogens is 432 g/mol. The lowest BCUT2D eigenvalue weighted by molar-refractivity contribution is -0.113. The van der Waals surface area contributed by atoms with Gasteiger partial charge >= 0.3 is 0 Å². The monoisotopic (exact) mass is 458 g/mol. The summed E-state index contributed by atoms with van der Waals surface area (Å²) in [7, 11) is 1.86. The molecule has 0 fully saturated rings. The van der Waals surface area contributed by atoms with Crippen molar-refractivity contribution in [3.8, 4) is 11.5 Å². The molecule has 0 atom stereocenters. The zero-order valence-corrected chi connectivity index (χ0v) is 19.7. The fraction of sp³-hybridized carbons (Fsp3) is 0.318. The molecule has 0 radical (unpaired) electrons. The molecule has 3 aromatic rings. The Morgan fingerprint density at radius 1 is 1.13 bits per heavy atom. The number of thioether (sulfide) groups is 2. The van der Waals surface area contributed by atoms with Gasteiger partial charge in [-0.15, -0.1) is 22.0 Å². The largest absolute Gasteiger partial charge is 0.490 e. The van der Waals surface area contributed by atoms with E-state index in [4.69, 9.17) is 9.47 Å². The van der Waals surface area contributed by atoms with Crippen molar-refractivity contribution >= 4 is 35.1 Å². The van der Waals surface area contributed by atoms with Crippen molar-refractivity contribution < 1.29 is 14.3 Å². The summed E-state index contributed by atoms with van der Waals surface area (Å²) in [6, 6.07) is 13.6. The number of nitrogens with one attached hydrogen (secondary N) is 1. The highest BCUT2D eigenvalue weighted by molar-refractivity contribution is 7.99. The van der Waals surface area contributed by atoms with E-state index in [1.54, 1.807) is 11.8 Å². The maximum atomic E-state index is 12.3. The van der Waals surface area contributed by atoms with Gasteiger partial charge in [0.05, 0.1) is 12.4 Å². The summed E-state index contributed by atoms with van der Waals surface area (Å²) in [5.41, 5.74) is 1.89. The van der Waals surface area contributed by atoms with E-state index < -0.39 is 0 Å². The van der Waals surface area contributed by atoms with Gasteiger partial charge < -0.3 is 19.4 Å². The van der Waals surface area contributed by atoms with Gasteiger partial charge in [-0.2, -0.15) is 0 Å². The lowest BCUT2D eigenvalue weighted by atomic mass is 10.2. The highest BCUT2D eigenvalue weighted by Crippen LogP contribution is 2.29. The van der Waals surface area contributed by atoms with E-state index >= 15 is 0 Å². The Balaban J connectivity index is 1.56. The van der Waals surface area contributed by atoms with Gasteiger partial charge in [0.25, 0.3) is 0 Å². The van der Waals surface area contributed by atoms with Gasteiger partial charge in [-0.05, 0) is 56.0 Å². The fourth-order valence-corrected chi connectivity index (χ4v) is 3.96. The van der Waals surface area contributed by atoms with Crippen LogP contribution in [0.2, 0.25) is 0 Å². The van der Waals surface area contributed by atoms with Crippen molar-refractivity contribution in [2.75, 3.05) is 23.9 Å². The SMILES string of the molecule is CCOc1cc(C)ccc1OCc1nnc(SCC(=O)Nc2cccc(SC)c2)n1C. The Morgan fingerprint density at radius 2 is 1.97 bits per heavy atom. The summed E-state index contributed by atoms with van der Waals surface area (Å²) in [5, 5.41) is 12.0. The molecule has 7 nitrogen and oxygen atoms in total. The topological polar surface area (TPSA) is 78.3 Å². The molecule has 0 spiro atoms. The zero-order chi connectivity index (χ0) is 22.2. The normalized spacial score (nSPS) is 10.7. The second-order valence-corrected chi connectivity index (χ2v) is 8.52. The molecule has 0 saturated carbocycles. The van der Waals surface area contributed by atoms with E-state index in [2.05, 4.69) is 15.5 Å². The van der Waals surface area contributed by atoms with Crippen molar-refractivity contribution in [3.63, 3.8) is 0 Å².